The molecule has 0 aromatic heterocycles. The van der Waals surface area contributed by atoms with E-state index in [0.29, 0.717) is 0 Å². The molecule has 0 aliphatic carbocycles. The summed E-state index contributed by atoms with van der Waals surface area (Å²) >= 11 is 0. The lowest BCUT2D eigenvalue weighted by atomic mass is 9.85. The van der Waals surface area contributed by atoms with Crippen LogP contribution in [0, 0.1) is 53.3 Å². The van der Waals surface area contributed by atoms with E-state index in [1.165, 1.54) is 69.0 Å². The highest BCUT2D eigenvalue weighted by Crippen LogP contribution is 2.25. The second kappa shape index (κ2) is 25.5. The van der Waals surface area contributed by atoms with Gasteiger partial charge < -0.3 is 4.90 Å². The number of nitrogens with zero attached hydrogens (tertiary/aromatic N) is 1. The maximum Gasteiger partial charge on any atom is 0.000375 e. The second-order valence-corrected chi connectivity index (χ2v) is 17.0. The Morgan fingerprint density at radius 3 is 0.844 bits per heavy atom. The van der Waals surface area contributed by atoms with E-state index in [-0.39, 0.29) is 0 Å². The van der Waals surface area contributed by atoms with Gasteiger partial charge in [-0.1, -0.05) is 144 Å². The monoisotopic (exact) mass is 622 g/mol. The zero-order valence-corrected chi connectivity index (χ0v) is 32.8. The van der Waals surface area contributed by atoms with Crippen molar-refractivity contribution >= 4 is 0 Å². The van der Waals surface area contributed by atoms with Crippen LogP contribution in [0.5, 0.6) is 0 Å². The fourth-order valence-electron chi connectivity index (χ4n) is 7.18. The maximum absolute atomic E-state index is 2.33. The summed E-state index contributed by atoms with van der Waals surface area (Å²) in [4.78, 5) is 2.31. The molecule has 0 saturated carbocycles. The van der Waals surface area contributed by atoms with Gasteiger partial charge in [0, 0.05) is 6.54 Å². The molecule has 0 saturated heterocycles. The van der Waals surface area contributed by atoms with Crippen LogP contribution in [0.1, 0.15) is 133 Å². The molecule has 0 spiro atoms. The van der Waals surface area contributed by atoms with Gasteiger partial charge in [0.1, 0.15) is 0 Å². The molecule has 0 unspecified atom stereocenters. The Kier molecular flexibility index (Phi) is 24.6. The highest BCUT2D eigenvalue weighted by molar-refractivity contribution is 5.16. The van der Waals surface area contributed by atoms with Crippen molar-refractivity contribution in [2.24, 2.45) is 53.3 Å². The topological polar surface area (TPSA) is 3.24 Å². The van der Waals surface area contributed by atoms with Crippen molar-refractivity contribution in [3.05, 3.63) is 71.8 Å². The number of rotatable bonds is 18. The van der Waals surface area contributed by atoms with E-state index in [9.17, 15) is 0 Å². The van der Waals surface area contributed by atoms with Crippen molar-refractivity contribution < 1.29 is 0 Å². The van der Waals surface area contributed by atoms with E-state index < -0.39 is 0 Å². The average Bonchev–Trinajstić information content (AvgIpc) is 2.88. The lowest BCUT2D eigenvalue weighted by Gasteiger charge is -2.24. The van der Waals surface area contributed by atoms with Crippen LogP contribution >= 0.6 is 0 Å². The van der Waals surface area contributed by atoms with Gasteiger partial charge in [0.15, 0.2) is 0 Å². The highest BCUT2D eigenvalue weighted by Gasteiger charge is 2.15. The number of hydrogen-bond acceptors (Lipinski definition) is 1. The Morgan fingerprint density at radius 1 is 0.378 bits per heavy atom. The van der Waals surface area contributed by atoms with Crippen LogP contribution in [-0.2, 0) is 12.8 Å². The average molecular weight is 622 g/mol. The van der Waals surface area contributed by atoms with E-state index in [4.69, 9.17) is 0 Å². The SMILES string of the molecule is CC(C)CC(CC(C)C)CN(C)C.CC(C)CC(Cc1ccccc1)CC(C)C.CC(C)CC(Cc1ccccc1)CC(C)C. The lowest BCUT2D eigenvalue weighted by Crippen LogP contribution is -2.24. The third-order valence-corrected chi connectivity index (χ3v) is 8.19. The summed E-state index contributed by atoms with van der Waals surface area (Å²) in [5.41, 5.74) is 2.99. The Labute approximate surface area is 284 Å². The van der Waals surface area contributed by atoms with Crippen LogP contribution in [0.4, 0.5) is 0 Å². The quantitative estimate of drug-likeness (QED) is 0.160. The Balaban J connectivity index is 0.000000651. The van der Waals surface area contributed by atoms with Gasteiger partial charge in [-0.05, 0) is 130 Å². The smallest absolute Gasteiger partial charge is 0.000375 e. The molecule has 0 aliphatic heterocycles. The van der Waals surface area contributed by atoms with Gasteiger partial charge in [-0.2, -0.15) is 0 Å². The minimum absolute atomic E-state index is 0.812. The molecule has 0 atom stereocenters. The first kappa shape index (κ1) is 43.4. The minimum atomic E-state index is 0.812. The molecule has 0 amide bonds. The van der Waals surface area contributed by atoms with Crippen LogP contribution in [0.25, 0.3) is 0 Å². The van der Waals surface area contributed by atoms with Crippen LogP contribution in [0.2, 0.25) is 0 Å². The molecule has 1 heteroatoms. The molecular weight excluding hydrogens is 542 g/mol. The van der Waals surface area contributed by atoms with Crippen molar-refractivity contribution in [3.8, 4) is 0 Å². The maximum atomic E-state index is 2.33. The summed E-state index contributed by atoms with van der Waals surface area (Å²) in [6.45, 7) is 29.2. The third-order valence-electron chi connectivity index (χ3n) is 8.19. The normalized spacial score (nSPS) is 11.9. The molecule has 0 radical (unpaired) electrons. The summed E-state index contributed by atoms with van der Waals surface area (Å²) in [7, 11) is 4.35. The first-order valence-corrected chi connectivity index (χ1v) is 18.8. The van der Waals surface area contributed by atoms with Crippen molar-refractivity contribution in [3.63, 3.8) is 0 Å². The molecule has 0 aliphatic rings. The largest absolute Gasteiger partial charge is 0.309 e. The molecule has 0 heterocycles. The summed E-state index contributed by atoms with van der Waals surface area (Å²) in [5, 5.41) is 0. The zero-order valence-electron chi connectivity index (χ0n) is 32.8. The van der Waals surface area contributed by atoms with Gasteiger partial charge in [0.2, 0.25) is 0 Å². The molecule has 2 aromatic rings. The molecule has 2 aromatic carbocycles. The van der Waals surface area contributed by atoms with E-state index >= 15 is 0 Å². The van der Waals surface area contributed by atoms with Crippen molar-refractivity contribution in [2.75, 3.05) is 20.6 Å². The fraction of sp³-hybridized carbons (Fsp3) is 0.727. The number of benzene rings is 2. The van der Waals surface area contributed by atoms with Crippen LogP contribution in [0.3, 0.4) is 0 Å². The zero-order chi connectivity index (χ0) is 34.4. The first-order valence-electron chi connectivity index (χ1n) is 18.8. The molecule has 45 heavy (non-hydrogen) atoms. The molecule has 1 nitrogen and oxygen atoms in total. The van der Waals surface area contributed by atoms with Gasteiger partial charge in [-0.3, -0.25) is 0 Å². The van der Waals surface area contributed by atoms with Crippen LogP contribution < -0.4 is 0 Å². The van der Waals surface area contributed by atoms with Gasteiger partial charge >= 0.3 is 0 Å². The third kappa shape index (κ3) is 27.2. The van der Waals surface area contributed by atoms with Gasteiger partial charge in [-0.25, -0.2) is 0 Å². The van der Waals surface area contributed by atoms with E-state index in [1.54, 1.807) is 0 Å². The molecule has 260 valence electrons. The standard InChI is InChI=1S/2C16H26.C12H27N/c2*1-13(2)10-16(11-14(3)4)12-15-8-6-5-7-9-15;1-10(2)7-12(8-11(3)4)9-13(5)6/h2*5-9,13-14,16H,10-12H2,1-4H3;10-12H,7-9H2,1-6H3. The lowest BCUT2D eigenvalue weighted by molar-refractivity contribution is 0.256. The summed E-state index contributed by atoms with van der Waals surface area (Å²) < 4.78 is 0. The van der Waals surface area contributed by atoms with E-state index in [2.05, 4.69) is 163 Å². The number of hydrogen-bond donors (Lipinski definition) is 0. The first-order chi connectivity index (χ1) is 21.1. The van der Waals surface area contributed by atoms with Crippen molar-refractivity contribution in [2.45, 2.75) is 134 Å². The summed E-state index contributed by atoms with van der Waals surface area (Å²) in [6, 6.07) is 21.8. The van der Waals surface area contributed by atoms with E-state index in [1.807, 2.05) is 0 Å². The van der Waals surface area contributed by atoms with E-state index in [0.717, 1.165) is 53.3 Å². The highest BCUT2D eigenvalue weighted by atomic mass is 15.1. The Hall–Kier alpha value is -1.60. The summed E-state index contributed by atoms with van der Waals surface area (Å²) in [5.74, 6) is 7.51. The molecule has 0 bridgehead atoms. The van der Waals surface area contributed by atoms with Gasteiger partial charge in [-0.15, -0.1) is 0 Å². The molecule has 0 fully saturated rings. The molecule has 0 N–H and O–H groups in total. The van der Waals surface area contributed by atoms with Crippen molar-refractivity contribution in [1.29, 1.82) is 0 Å². The van der Waals surface area contributed by atoms with Crippen LogP contribution in [-0.4, -0.2) is 25.5 Å². The van der Waals surface area contributed by atoms with Crippen LogP contribution in [0.15, 0.2) is 60.7 Å². The predicted molar refractivity (Wildman–Crippen MR) is 206 cm³/mol. The Bertz CT molecular complexity index is 788. The van der Waals surface area contributed by atoms with Gasteiger partial charge in [0.25, 0.3) is 0 Å². The molecule has 2 rings (SSSR count). The second-order valence-electron chi connectivity index (χ2n) is 17.0. The molecular formula is C44H79N. The Morgan fingerprint density at radius 2 is 0.622 bits per heavy atom. The van der Waals surface area contributed by atoms with Gasteiger partial charge in [0.05, 0.1) is 0 Å². The minimum Gasteiger partial charge on any atom is -0.309 e. The van der Waals surface area contributed by atoms with Crippen molar-refractivity contribution in [1.82, 2.24) is 4.90 Å². The fourth-order valence-corrected chi connectivity index (χ4v) is 7.18. The summed E-state index contributed by atoms with van der Waals surface area (Å²) in [6.07, 6.45) is 10.7. The predicted octanol–water partition coefficient (Wildman–Crippen LogP) is 13.1.